The summed E-state index contributed by atoms with van der Waals surface area (Å²) >= 11 is 18.0. The SMILES string of the molecule is COc1ccc(C(=O)N[C@@H](Nc2ccccc2)C(Cl)(Cl)Cl)cc1OC. The quantitative estimate of drug-likeness (QED) is 0.559. The maximum absolute atomic E-state index is 12.5. The van der Waals surface area contributed by atoms with Gasteiger partial charge in [0.1, 0.15) is 6.17 Å². The molecule has 0 heterocycles. The van der Waals surface area contributed by atoms with Gasteiger partial charge in [-0.2, -0.15) is 0 Å². The van der Waals surface area contributed by atoms with Crippen molar-refractivity contribution < 1.29 is 14.3 Å². The average Bonchev–Trinajstić information content (AvgIpc) is 2.60. The van der Waals surface area contributed by atoms with E-state index in [1.165, 1.54) is 14.2 Å². The van der Waals surface area contributed by atoms with Gasteiger partial charge in [0, 0.05) is 11.3 Å². The fourth-order valence-electron chi connectivity index (χ4n) is 2.09. The van der Waals surface area contributed by atoms with Crippen molar-refractivity contribution in [3.8, 4) is 11.5 Å². The van der Waals surface area contributed by atoms with Gasteiger partial charge in [-0.05, 0) is 30.3 Å². The van der Waals surface area contributed by atoms with E-state index < -0.39 is 15.9 Å². The summed E-state index contributed by atoms with van der Waals surface area (Å²) in [5.41, 5.74) is 1.04. The maximum atomic E-state index is 12.5. The highest BCUT2D eigenvalue weighted by atomic mass is 35.6. The van der Waals surface area contributed by atoms with Crippen LogP contribution in [0.5, 0.6) is 11.5 Å². The summed E-state index contributed by atoms with van der Waals surface area (Å²) in [4.78, 5) is 12.5. The fourth-order valence-corrected chi connectivity index (χ4v) is 2.42. The molecule has 0 aromatic heterocycles. The number of hydrogen-bond donors (Lipinski definition) is 2. The van der Waals surface area contributed by atoms with Gasteiger partial charge < -0.3 is 20.1 Å². The van der Waals surface area contributed by atoms with Gasteiger partial charge in [-0.15, -0.1) is 0 Å². The molecule has 8 heteroatoms. The Hall–Kier alpha value is -1.82. The molecule has 0 spiro atoms. The Kier molecular flexibility index (Phi) is 6.64. The van der Waals surface area contributed by atoms with Crippen molar-refractivity contribution >= 4 is 46.4 Å². The lowest BCUT2D eigenvalue weighted by molar-refractivity contribution is 0.0941. The average molecular weight is 404 g/mol. The molecule has 2 N–H and O–H groups in total. The van der Waals surface area contributed by atoms with Crippen LogP contribution in [0.1, 0.15) is 10.4 Å². The molecule has 0 aliphatic heterocycles. The van der Waals surface area contributed by atoms with Crippen molar-refractivity contribution in [1.29, 1.82) is 0 Å². The summed E-state index contributed by atoms with van der Waals surface area (Å²) in [5, 5.41) is 5.66. The molecule has 2 aromatic rings. The predicted molar refractivity (Wildman–Crippen MR) is 101 cm³/mol. The van der Waals surface area contributed by atoms with E-state index in [9.17, 15) is 4.79 Å². The molecule has 0 radical (unpaired) electrons. The molecule has 134 valence electrons. The van der Waals surface area contributed by atoms with Crippen molar-refractivity contribution in [2.45, 2.75) is 9.96 Å². The van der Waals surface area contributed by atoms with E-state index in [2.05, 4.69) is 10.6 Å². The third-order valence-corrected chi connectivity index (χ3v) is 3.99. The lowest BCUT2D eigenvalue weighted by Gasteiger charge is -2.27. The minimum atomic E-state index is -1.76. The first kappa shape index (κ1) is 19.5. The normalized spacial score (nSPS) is 12.2. The Labute approximate surface area is 161 Å². The van der Waals surface area contributed by atoms with Crippen LogP contribution >= 0.6 is 34.8 Å². The summed E-state index contributed by atoms with van der Waals surface area (Å²) in [5.74, 6) is 0.511. The number of amides is 1. The molecule has 25 heavy (non-hydrogen) atoms. The number of rotatable bonds is 6. The van der Waals surface area contributed by atoms with Crippen LogP contribution in [0, 0.1) is 0 Å². The van der Waals surface area contributed by atoms with Crippen molar-refractivity contribution in [3.63, 3.8) is 0 Å². The molecule has 0 fully saturated rings. The number of carbonyl (C=O) groups excluding carboxylic acids is 1. The van der Waals surface area contributed by atoms with Gasteiger partial charge in [-0.25, -0.2) is 0 Å². The molecule has 0 aliphatic carbocycles. The van der Waals surface area contributed by atoms with Crippen LogP contribution in [-0.4, -0.2) is 30.1 Å². The maximum Gasteiger partial charge on any atom is 0.253 e. The Bertz CT molecular complexity index is 721. The summed E-state index contributed by atoms with van der Waals surface area (Å²) in [6.07, 6.45) is -0.944. The first-order valence-corrected chi connectivity index (χ1v) is 8.39. The molecular formula is C17H17Cl3N2O3. The second-order valence-corrected chi connectivity index (χ2v) is 7.40. The number of benzene rings is 2. The molecule has 2 rings (SSSR count). The number of ether oxygens (including phenoxy) is 2. The number of nitrogens with one attached hydrogen (secondary N) is 2. The minimum absolute atomic E-state index is 0.340. The zero-order valence-corrected chi connectivity index (χ0v) is 15.8. The van der Waals surface area contributed by atoms with Crippen LogP contribution in [0.15, 0.2) is 48.5 Å². The molecule has 1 amide bonds. The molecule has 1 atom stereocenters. The van der Waals surface area contributed by atoms with Crippen molar-refractivity contribution in [3.05, 3.63) is 54.1 Å². The van der Waals surface area contributed by atoms with E-state index in [4.69, 9.17) is 44.3 Å². The Balaban J connectivity index is 2.19. The molecule has 5 nitrogen and oxygen atoms in total. The number of halogens is 3. The van der Waals surface area contributed by atoms with Crippen LogP contribution < -0.4 is 20.1 Å². The standard InChI is InChI=1S/C17H17Cl3N2O3/c1-24-13-9-8-11(10-14(13)25-2)15(23)22-16(17(18,19)20)21-12-6-4-3-5-7-12/h3-10,16,21H,1-2H3,(H,22,23)/t16-/m1/s1. The van der Waals surface area contributed by atoms with Gasteiger partial charge in [0.05, 0.1) is 14.2 Å². The van der Waals surface area contributed by atoms with Crippen LogP contribution in [0.3, 0.4) is 0 Å². The second kappa shape index (κ2) is 8.52. The molecule has 0 saturated heterocycles. The highest BCUT2D eigenvalue weighted by molar-refractivity contribution is 6.68. The molecule has 0 saturated carbocycles. The topological polar surface area (TPSA) is 59.6 Å². The Morgan fingerprint density at radius 3 is 2.20 bits per heavy atom. The van der Waals surface area contributed by atoms with E-state index >= 15 is 0 Å². The van der Waals surface area contributed by atoms with Crippen molar-refractivity contribution in [2.75, 3.05) is 19.5 Å². The smallest absolute Gasteiger partial charge is 0.253 e. The highest BCUT2D eigenvalue weighted by Crippen LogP contribution is 2.32. The molecule has 2 aromatic carbocycles. The zero-order chi connectivity index (χ0) is 18.4. The van der Waals surface area contributed by atoms with Crippen LogP contribution in [0.2, 0.25) is 0 Å². The minimum Gasteiger partial charge on any atom is -0.493 e. The van der Waals surface area contributed by atoms with Gasteiger partial charge in [0.15, 0.2) is 11.5 Å². The van der Waals surface area contributed by atoms with E-state index in [0.717, 1.165) is 0 Å². The molecular weight excluding hydrogens is 387 g/mol. The largest absolute Gasteiger partial charge is 0.493 e. The van der Waals surface area contributed by atoms with Gasteiger partial charge in [-0.1, -0.05) is 53.0 Å². The first-order chi connectivity index (χ1) is 11.8. The Morgan fingerprint density at radius 2 is 1.64 bits per heavy atom. The van der Waals surface area contributed by atoms with Gasteiger partial charge in [-0.3, -0.25) is 4.79 Å². The summed E-state index contributed by atoms with van der Waals surface area (Å²) in [7, 11) is 3.00. The highest BCUT2D eigenvalue weighted by Gasteiger charge is 2.34. The third-order valence-electron chi connectivity index (χ3n) is 3.33. The number of carbonyl (C=O) groups is 1. The molecule has 0 bridgehead atoms. The van der Waals surface area contributed by atoms with Gasteiger partial charge in [0.25, 0.3) is 5.91 Å². The summed E-state index contributed by atoms with van der Waals surface area (Å²) in [6.45, 7) is 0. The van der Waals surface area contributed by atoms with Crippen molar-refractivity contribution in [2.24, 2.45) is 0 Å². The van der Waals surface area contributed by atoms with E-state index in [-0.39, 0.29) is 0 Å². The number of anilines is 1. The van der Waals surface area contributed by atoms with E-state index in [0.29, 0.717) is 22.7 Å². The second-order valence-electron chi connectivity index (χ2n) is 5.03. The first-order valence-electron chi connectivity index (χ1n) is 7.26. The van der Waals surface area contributed by atoms with E-state index in [1.807, 2.05) is 18.2 Å². The molecule has 0 aliphatic rings. The van der Waals surface area contributed by atoms with Crippen LogP contribution in [-0.2, 0) is 0 Å². The lowest BCUT2D eigenvalue weighted by Crippen LogP contribution is -2.49. The van der Waals surface area contributed by atoms with Crippen LogP contribution in [0.4, 0.5) is 5.69 Å². The summed E-state index contributed by atoms with van der Waals surface area (Å²) in [6, 6.07) is 13.9. The molecule has 0 unspecified atom stereocenters. The number of methoxy groups -OCH3 is 2. The van der Waals surface area contributed by atoms with Gasteiger partial charge in [0.2, 0.25) is 3.79 Å². The van der Waals surface area contributed by atoms with Crippen molar-refractivity contribution in [1.82, 2.24) is 5.32 Å². The van der Waals surface area contributed by atoms with Gasteiger partial charge >= 0.3 is 0 Å². The van der Waals surface area contributed by atoms with E-state index in [1.54, 1.807) is 30.3 Å². The third kappa shape index (κ3) is 5.33. The number of para-hydroxylation sites is 1. The zero-order valence-electron chi connectivity index (χ0n) is 13.6. The monoisotopic (exact) mass is 402 g/mol. The lowest BCUT2D eigenvalue weighted by atomic mass is 10.2. The fraction of sp³-hybridized carbons (Fsp3) is 0.235. The number of alkyl halides is 3. The predicted octanol–water partition coefficient (Wildman–Crippen LogP) is 4.24. The van der Waals surface area contributed by atoms with Crippen LogP contribution in [0.25, 0.3) is 0 Å². The number of hydrogen-bond acceptors (Lipinski definition) is 4. The Morgan fingerprint density at radius 1 is 1.00 bits per heavy atom. The summed E-state index contributed by atoms with van der Waals surface area (Å²) < 4.78 is 8.59.